The van der Waals surface area contributed by atoms with Gasteiger partial charge in [-0.05, 0) is 61.2 Å². The molecular weight excluding hydrogens is 492 g/mol. The molecule has 0 unspecified atom stereocenters. The number of carbonyl (C=O) groups excluding carboxylic acids is 3. The number of halogens is 1. The number of nitrogens with one attached hydrogen (secondary N) is 1. The number of urea groups is 1. The molecule has 1 N–H and O–H groups in total. The van der Waals surface area contributed by atoms with Gasteiger partial charge < -0.3 is 9.47 Å². The lowest BCUT2D eigenvalue weighted by molar-refractivity contribution is -0.122. The van der Waals surface area contributed by atoms with Crippen molar-refractivity contribution in [2.45, 2.75) is 33.8 Å². The largest absolute Gasteiger partial charge is 0.490 e. The molecule has 0 bridgehead atoms. The fourth-order valence-corrected chi connectivity index (χ4v) is 4.26. The number of imide groups is 2. The second-order valence-corrected chi connectivity index (χ2v) is 8.88. The molecule has 0 aromatic heterocycles. The fraction of sp³-hybridized carbons (Fsp3) is 0.207. The van der Waals surface area contributed by atoms with Crippen LogP contribution in [0.25, 0.3) is 6.08 Å². The number of hydrogen-bond donors (Lipinski definition) is 1. The number of nitrogens with zero attached hydrogens (tertiary/aromatic N) is 1. The highest BCUT2D eigenvalue weighted by atomic mass is 35.5. The minimum absolute atomic E-state index is 0.197. The van der Waals surface area contributed by atoms with Gasteiger partial charge in [-0.2, -0.15) is 0 Å². The molecule has 37 heavy (non-hydrogen) atoms. The summed E-state index contributed by atoms with van der Waals surface area (Å²) in [5.41, 5.74) is 3.60. The standard InChI is InChI=1S/C29H27ClN2O5/c1-4-21-8-6-7-9-24(21)32-28(34)22(27(33)31-29(32)35)14-20-15-23(30)26(25(16-20)36-5-2)37-17-19-12-10-18(3)11-13-19/h6-16H,4-5,17H2,1-3H3,(H,31,33,35)/b22-14-. The average Bonchev–Trinajstić information content (AvgIpc) is 2.87. The molecule has 3 aromatic rings. The number of hydrogen-bond acceptors (Lipinski definition) is 5. The van der Waals surface area contributed by atoms with Crippen LogP contribution in [0.15, 0.2) is 66.2 Å². The van der Waals surface area contributed by atoms with Crippen LogP contribution >= 0.6 is 11.6 Å². The van der Waals surface area contributed by atoms with Crippen molar-refractivity contribution in [3.63, 3.8) is 0 Å². The van der Waals surface area contributed by atoms with E-state index in [1.54, 1.807) is 24.3 Å². The van der Waals surface area contributed by atoms with Crippen molar-refractivity contribution in [2.24, 2.45) is 0 Å². The molecule has 0 atom stereocenters. The van der Waals surface area contributed by atoms with E-state index in [4.69, 9.17) is 21.1 Å². The zero-order valence-corrected chi connectivity index (χ0v) is 21.6. The Morgan fingerprint density at radius 2 is 1.70 bits per heavy atom. The van der Waals surface area contributed by atoms with Crippen LogP contribution in [-0.2, 0) is 22.6 Å². The van der Waals surface area contributed by atoms with E-state index in [1.165, 1.54) is 6.08 Å². The molecule has 8 heteroatoms. The lowest BCUT2D eigenvalue weighted by Gasteiger charge is -2.28. The molecule has 7 nitrogen and oxygen atoms in total. The number of para-hydroxylation sites is 1. The molecule has 190 valence electrons. The van der Waals surface area contributed by atoms with Crippen LogP contribution in [0.4, 0.5) is 10.5 Å². The van der Waals surface area contributed by atoms with Gasteiger partial charge in [0.1, 0.15) is 12.2 Å². The van der Waals surface area contributed by atoms with Crippen LogP contribution in [0.3, 0.4) is 0 Å². The molecule has 0 spiro atoms. The Bertz CT molecular complexity index is 1380. The van der Waals surface area contributed by atoms with Gasteiger partial charge in [-0.3, -0.25) is 14.9 Å². The van der Waals surface area contributed by atoms with Crippen molar-refractivity contribution in [3.8, 4) is 11.5 Å². The number of rotatable bonds is 8. The Hall–Kier alpha value is -4.10. The molecule has 0 saturated carbocycles. The lowest BCUT2D eigenvalue weighted by Crippen LogP contribution is -2.54. The number of aryl methyl sites for hydroxylation is 2. The third-order valence-electron chi connectivity index (χ3n) is 5.86. The van der Waals surface area contributed by atoms with Crippen molar-refractivity contribution < 1.29 is 23.9 Å². The number of amides is 4. The quantitative estimate of drug-likeness (QED) is 0.298. The molecule has 4 amide bonds. The van der Waals surface area contributed by atoms with E-state index in [1.807, 2.05) is 57.2 Å². The molecule has 3 aromatic carbocycles. The minimum atomic E-state index is -0.791. The van der Waals surface area contributed by atoms with Gasteiger partial charge in [-0.15, -0.1) is 0 Å². The minimum Gasteiger partial charge on any atom is -0.490 e. The third-order valence-corrected chi connectivity index (χ3v) is 6.14. The number of carbonyl (C=O) groups is 3. The monoisotopic (exact) mass is 518 g/mol. The highest BCUT2D eigenvalue weighted by molar-refractivity contribution is 6.39. The van der Waals surface area contributed by atoms with Crippen molar-refractivity contribution in [2.75, 3.05) is 11.5 Å². The predicted octanol–water partition coefficient (Wildman–Crippen LogP) is 5.85. The fourth-order valence-electron chi connectivity index (χ4n) is 3.98. The summed E-state index contributed by atoms with van der Waals surface area (Å²) in [5, 5.41) is 2.52. The van der Waals surface area contributed by atoms with Gasteiger partial charge in [0.15, 0.2) is 11.5 Å². The Morgan fingerprint density at radius 1 is 0.973 bits per heavy atom. The van der Waals surface area contributed by atoms with Gasteiger partial charge in [0.05, 0.1) is 17.3 Å². The van der Waals surface area contributed by atoms with Gasteiger partial charge >= 0.3 is 6.03 Å². The van der Waals surface area contributed by atoms with Gasteiger partial charge in [0.2, 0.25) is 0 Å². The van der Waals surface area contributed by atoms with Crippen LogP contribution < -0.4 is 19.7 Å². The third kappa shape index (κ3) is 5.67. The Balaban J connectivity index is 1.67. The maximum atomic E-state index is 13.4. The molecule has 1 fully saturated rings. The van der Waals surface area contributed by atoms with E-state index < -0.39 is 17.8 Å². The van der Waals surface area contributed by atoms with E-state index in [0.717, 1.165) is 21.6 Å². The molecule has 1 aliphatic rings. The molecule has 1 saturated heterocycles. The molecule has 1 aliphatic heterocycles. The highest BCUT2D eigenvalue weighted by Gasteiger charge is 2.37. The maximum absolute atomic E-state index is 13.4. The first-order valence-corrected chi connectivity index (χ1v) is 12.3. The number of barbiturate groups is 1. The van der Waals surface area contributed by atoms with E-state index in [2.05, 4.69) is 5.32 Å². The Labute approximate surface area is 220 Å². The summed E-state index contributed by atoms with van der Waals surface area (Å²) < 4.78 is 11.7. The van der Waals surface area contributed by atoms with Gasteiger partial charge in [-0.25, -0.2) is 9.69 Å². The van der Waals surface area contributed by atoms with Gasteiger partial charge in [0.25, 0.3) is 11.8 Å². The summed E-state index contributed by atoms with van der Waals surface area (Å²) in [5.74, 6) is -0.765. The zero-order chi connectivity index (χ0) is 26.5. The van der Waals surface area contributed by atoms with Crippen LogP contribution in [0.1, 0.15) is 36.1 Å². The maximum Gasteiger partial charge on any atom is 0.335 e. The van der Waals surface area contributed by atoms with E-state index in [0.29, 0.717) is 35.8 Å². The van der Waals surface area contributed by atoms with Crippen LogP contribution in [0, 0.1) is 6.92 Å². The predicted molar refractivity (Wildman–Crippen MR) is 143 cm³/mol. The summed E-state index contributed by atoms with van der Waals surface area (Å²) in [7, 11) is 0. The summed E-state index contributed by atoms with van der Waals surface area (Å²) in [4.78, 5) is 39.6. The molecule has 0 aliphatic carbocycles. The topological polar surface area (TPSA) is 84.9 Å². The Kier molecular flexibility index (Phi) is 7.94. The normalized spacial score (nSPS) is 14.6. The molecule has 0 radical (unpaired) electrons. The Morgan fingerprint density at radius 3 is 2.41 bits per heavy atom. The van der Waals surface area contributed by atoms with Crippen molar-refractivity contribution >= 4 is 41.2 Å². The zero-order valence-electron chi connectivity index (χ0n) is 20.8. The molecule has 1 heterocycles. The number of benzene rings is 3. The second-order valence-electron chi connectivity index (χ2n) is 8.48. The number of ether oxygens (including phenoxy) is 2. The van der Waals surface area contributed by atoms with E-state index in [9.17, 15) is 14.4 Å². The summed E-state index contributed by atoms with van der Waals surface area (Å²) in [6.45, 7) is 6.40. The average molecular weight is 519 g/mol. The van der Waals surface area contributed by atoms with Crippen molar-refractivity contribution in [3.05, 3.63) is 93.5 Å². The van der Waals surface area contributed by atoms with Crippen LogP contribution in [-0.4, -0.2) is 24.5 Å². The first-order chi connectivity index (χ1) is 17.8. The first-order valence-electron chi connectivity index (χ1n) is 12.0. The summed E-state index contributed by atoms with van der Waals surface area (Å²) >= 11 is 6.56. The van der Waals surface area contributed by atoms with Gasteiger partial charge in [-0.1, -0.05) is 66.6 Å². The van der Waals surface area contributed by atoms with Gasteiger partial charge in [0, 0.05) is 0 Å². The number of anilines is 1. The summed E-state index contributed by atoms with van der Waals surface area (Å²) in [6.07, 6.45) is 2.00. The summed E-state index contributed by atoms with van der Waals surface area (Å²) in [6, 6.07) is 17.5. The van der Waals surface area contributed by atoms with E-state index in [-0.39, 0.29) is 17.2 Å². The van der Waals surface area contributed by atoms with Crippen molar-refractivity contribution in [1.82, 2.24) is 5.32 Å². The SMILES string of the molecule is CCOc1cc(/C=C2/C(=O)NC(=O)N(c3ccccc3CC)C2=O)cc(Cl)c1OCc1ccc(C)cc1. The van der Waals surface area contributed by atoms with E-state index >= 15 is 0 Å². The first kappa shape index (κ1) is 26.0. The molecular formula is C29H27ClN2O5. The lowest BCUT2D eigenvalue weighted by atomic mass is 10.0. The van der Waals surface area contributed by atoms with Crippen LogP contribution in [0.5, 0.6) is 11.5 Å². The smallest absolute Gasteiger partial charge is 0.335 e. The van der Waals surface area contributed by atoms with Crippen molar-refractivity contribution in [1.29, 1.82) is 0 Å². The highest BCUT2D eigenvalue weighted by Crippen LogP contribution is 2.38. The van der Waals surface area contributed by atoms with Crippen LogP contribution in [0.2, 0.25) is 5.02 Å². The second kappa shape index (κ2) is 11.3. The molecule has 4 rings (SSSR count).